The molecule has 3 aromatic rings. The number of hydrogen-bond acceptors (Lipinski definition) is 4. The second kappa shape index (κ2) is 11.7. The zero-order valence-electron chi connectivity index (χ0n) is 19.3. The third kappa shape index (κ3) is 7.38. The van der Waals surface area contributed by atoms with Gasteiger partial charge in [0.25, 0.3) is 0 Å². The highest BCUT2D eigenvalue weighted by molar-refractivity contribution is 5.79. The number of carbonyl (C=O) groups is 2. The maximum absolute atomic E-state index is 12.4. The first-order chi connectivity index (χ1) is 16.0. The third-order valence-electron chi connectivity index (χ3n) is 5.34. The maximum Gasteiger partial charge on any atom is 0.224 e. The van der Waals surface area contributed by atoms with Crippen LogP contribution in [-0.2, 0) is 29.0 Å². The van der Waals surface area contributed by atoms with E-state index in [0.717, 1.165) is 33.8 Å². The largest absolute Gasteiger partial charge is 0.497 e. The van der Waals surface area contributed by atoms with Gasteiger partial charge < -0.3 is 20.1 Å². The Balaban J connectivity index is 1.47. The minimum atomic E-state index is -0.125. The van der Waals surface area contributed by atoms with Crippen molar-refractivity contribution >= 4 is 11.8 Å². The van der Waals surface area contributed by atoms with Crippen molar-refractivity contribution in [1.82, 2.24) is 10.6 Å². The number of nitrogens with one attached hydrogen (secondary N) is 2. The van der Waals surface area contributed by atoms with E-state index in [4.69, 9.17) is 9.47 Å². The molecule has 0 bridgehead atoms. The molecule has 1 atom stereocenters. The predicted octanol–water partition coefficient (Wildman–Crippen LogP) is 3.98. The van der Waals surface area contributed by atoms with Crippen molar-refractivity contribution in [3.05, 3.63) is 95.1 Å². The number of methoxy groups -OCH3 is 2. The highest BCUT2D eigenvalue weighted by atomic mass is 16.5. The van der Waals surface area contributed by atoms with E-state index in [2.05, 4.69) is 10.6 Å². The second-order valence-corrected chi connectivity index (χ2v) is 7.86. The van der Waals surface area contributed by atoms with Crippen LogP contribution in [-0.4, -0.2) is 26.0 Å². The summed E-state index contributed by atoms with van der Waals surface area (Å²) in [4.78, 5) is 24.7. The van der Waals surface area contributed by atoms with Crippen LogP contribution < -0.4 is 20.1 Å². The van der Waals surface area contributed by atoms with E-state index in [1.165, 1.54) is 0 Å². The molecule has 0 aromatic heterocycles. The molecule has 0 radical (unpaired) electrons. The molecule has 0 heterocycles. The van der Waals surface area contributed by atoms with Gasteiger partial charge in [-0.05, 0) is 53.4 Å². The molecule has 0 fully saturated rings. The van der Waals surface area contributed by atoms with Crippen molar-refractivity contribution < 1.29 is 19.1 Å². The van der Waals surface area contributed by atoms with E-state index in [-0.39, 0.29) is 17.9 Å². The lowest BCUT2D eigenvalue weighted by molar-refractivity contribution is -0.121. The van der Waals surface area contributed by atoms with Crippen LogP contribution in [0.2, 0.25) is 0 Å². The first-order valence-electron chi connectivity index (χ1n) is 10.9. The van der Waals surface area contributed by atoms with Crippen molar-refractivity contribution in [3.8, 4) is 11.5 Å². The summed E-state index contributed by atoms with van der Waals surface area (Å²) in [5, 5.41) is 5.97. The van der Waals surface area contributed by atoms with Gasteiger partial charge in [-0.1, -0.05) is 48.5 Å². The molecule has 2 N–H and O–H groups in total. The molecule has 3 rings (SSSR count). The fraction of sp³-hybridized carbons (Fsp3) is 0.259. The lowest BCUT2D eigenvalue weighted by atomic mass is 10.0. The van der Waals surface area contributed by atoms with Gasteiger partial charge in [0.1, 0.15) is 11.5 Å². The van der Waals surface area contributed by atoms with Crippen LogP contribution in [0.1, 0.15) is 35.2 Å². The first-order valence-corrected chi connectivity index (χ1v) is 10.9. The van der Waals surface area contributed by atoms with Gasteiger partial charge in [0, 0.05) is 6.54 Å². The molecule has 0 saturated carbocycles. The second-order valence-electron chi connectivity index (χ2n) is 7.86. The van der Waals surface area contributed by atoms with E-state index in [1.54, 1.807) is 14.2 Å². The van der Waals surface area contributed by atoms with Crippen LogP contribution in [0.3, 0.4) is 0 Å². The molecule has 6 heteroatoms. The highest BCUT2D eigenvalue weighted by Gasteiger charge is 2.11. The normalized spacial score (nSPS) is 11.4. The molecule has 2 amide bonds. The average molecular weight is 447 g/mol. The zero-order valence-corrected chi connectivity index (χ0v) is 19.3. The summed E-state index contributed by atoms with van der Waals surface area (Å²) in [5.74, 6) is 1.37. The molecule has 0 saturated heterocycles. The van der Waals surface area contributed by atoms with E-state index in [0.29, 0.717) is 19.4 Å². The third-order valence-corrected chi connectivity index (χ3v) is 5.34. The van der Waals surface area contributed by atoms with Gasteiger partial charge in [0.2, 0.25) is 11.8 Å². The SMILES string of the molecule is COc1cccc(CC(=O)NCc2ccc([C@@H](C)NC(=O)Cc3cccc(OC)c3)cc2)c1. The summed E-state index contributed by atoms with van der Waals surface area (Å²) in [6, 6.07) is 22.7. The average Bonchev–Trinajstić information content (AvgIpc) is 2.83. The Labute approximate surface area is 194 Å². The molecule has 172 valence electrons. The highest BCUT2D eigenvalue weighted by Crippen LogP contribution is 2.16. The van der Waals surface area contributed by atoms with Gasteiger partial charge in [-0.25, -0.2) is 0 Å². The minimum Gasteiger partial charge on any atom is -0.497 e. The molecule has 0 spiro atoms. The Kier molecular flexibility index (Phi) is 8.47. The van der Waals surface area contributed by atoms with Gasteiger partial charge in [0.05, 0.1) is 33.1 Å². The number of benzene rings is 3. The Bertz CT molecular complexity index is 1080. The van der Waals surface area contributed by atoms with Crippen LogP contribution in [0, 0.1) is 0 Å². The number of carbonyl (C=O) groups excluding carboxylic acids is 2. The van der Waals surface area contributed by atoms with Crippen LogP contribution in [0.25, 0.3) is 0 Å². The fourth-order valence-corrected chi connectivity index (χ4v) is 3.50. The summed E-state index contributed by atoms with van der Waals surface area (Å²) >= 11 is 0. The number of amides is 2. The lowest BCUT2D eigenvalue weighted by Gasteiger charge is -2.15. The monoisotopic (exact) mass is 446 g/mol. The van der Waals surface area contributed by atoms with Gasteiger partial charge in [-0.15, -0.1) is 0 Å². The smallest absolute Gasteiger partial charge is 0.224 e. The summed E-state index contributed by atoms with van der Waals surface area (Å²) in [6.07, 6.45) is 0.588. The van der Waals surface area contributed by atoms with Crippen LogP contribution in [0.5, 0.6) is 11.5 Å². The molecule has 33 heavy (non-hydrogen) atoms. The lowest BCUT2D eigenvalue weighted by Crippen LogP contribution is -2.28. The topological polar surface area (TPSA) is 76.7 Å². The summed E-state index contributed by atoms with van der Waals surface area (Å²) in [6.45, 7) is 2.40. The molecule has 3 aromatic carbocycles. The van der Waals surface area contributed by atoms with Crippen LogP contribution in [0.4, 0.5) is 0 Å². The Morgan fingerprint density at radius 1 is 0.758 bits per heavy atom. The van der Waals surface area contributed by atoms with Crippen LogP contribution >= 0.6 is 0 Å². The van der Waals surface area contributed by atoms with E-state index < -0.39 is 0 Å². The zero-order chi connectivity index (χ0) is 23.6. The number of hydrogen-bond donors (Lipinski definition) is 2. The molecule has 0 aliphatic carbocycles. The Morgan fingerprint density at radius 3 is 1.85 bits per heavy atom. The number of ether oxygens (including phenoxy) is 2. The summed E-state index contributed by atoms with van der Waals surface area (Å²) < 4.78 is 10.4. The fourth-order valence-electron chi connectivity index (χ4n) is 3.50. The summed E-state index contributed by atoms with van der Waals surface area (Å²) in [5.41, 5.74) is 3.80. The Hall–Kier alpha value is -3.80. The van der Waals surface area contributed by atoms with Crippen molar-refractivity contribution in [3.63, 3.8) is 0 Å². The first kappa shape index (κ1) is 23.9. The molecule has 0 aliphatic heterocycles. The van der Waals surface area contributed by atoms with Gasteiger partial charge >= 0.3 is 0 Å². The van der Waals surface area contributed by atoms with Gasteiger partial charge in [-0.2, -0.15) is 0 Å². The molecule has 0 unspecified atom stereocenters. The van der Waals surface area contributed by atoms with E-state index in [9.17, 15) is 9.59 Å². The van der Waals surface area contributed by atoms with E-state index >= 15 is 0 Å². The maximum atomic E-state index is 12.4. The molecular weight excluding hydrogens is 416 g/mol. The molecular formula is C27H30N2O4. The van der Waals surface area contributed by atoms with Crippen LogP contribution in [0.15, 0.2) is 72.8 Å². The quantitative estimate of drug-likeness (QED) is 0.494. The van der Waals surface area contributed by atoms with Crippen molar-refractivity contribution in [2.24, 2.45) is 0 Å². The van der Waals surface area contributed by atoms with Crippen molar-refractivity contribution in [2.45, 2.75) is 32.4 Å². The van der Waals surface area contributed by atoms with Gasteiger partial charge in [-0.3, -0.25) is 9.59 Å². The van der Waals surface area contributed by atoms with Gasteiger partial charge in [0.15, 0.2) is 0 Å². The van der Waals surface area contributed by atoms with Crippen molar-refractivity contribution in [1.29, 1.82) is 0 Å². The predicted molar refractivity (Wildman–Crippen MR) is 128 cm³/mol. The Morgan fingerprint density at radius 2 is 1.30 bits per heavy atom. The molecule has 0 aliphatic rings. The molecule has 6 nitrogen and oxygen atoms in total. The van der Waals surface area contributed by atoms with E-state index in [1.807, 2.05) is 79.7 Å². The number of rotatable bonds is 10. The van der Waals surface area contributed by atoms with Crippen molar-refractivity contribution in [2.75, 3.05) is 14.2 Å². The minimum absolute atomic E-state index is 0.0505. The summed E-state index contributed by atoms with van der Waals surface area (Å²) in [7, 11) is 3.22. The standard InChI is InChI=1S/C27H30N2O4/c1-19(29-27(31)17-22-7-5-9-25(15-22)33-3)23-12-10-20(11-13-23)18-28-26(30)16-21-6-4-8-24(14-21)32-2/h4-15,19H,16-18H2,1-3H3,(H,28,30)(H,29,31)/t19-/m1/s1.